The van der Waals surface area contributed by atoms with E-state index in [2.05, 4.69) is 10.2 Å². The number of carboxylic acids is 1. The molecule has 0 unspecified atom stereocenters. The lowest BCUT2D eigenvalue weighted by atomic mass is 10.1. The summed E-state index contributed by atoms with van der Waals surface area (Å²) >= 11 is 0. The number of H-pyrrole nitrogens is 1. The highest BCUT2D eigenvalue weighted by molar-refractivity contribution is 5.92. The SMILES string of the molecule is COc1ccc(-c2[nH]ncc2/C=C(\C)C(=O)O)cc1. The highest BCUT2D eigenvalue weighted by Gasteiger charge is 2.08. The molecule has 0 fully saturated rings. The third-order valence-electron chi connectivity index (χ3n) is 2.76. The van der Waals surface area contributed by atoms with Crippen LogP contribution in [0.1, 0.15) is 12.5 Å². The molecule has 5 nitrogen and oxygen atoms in total. The average Bonchev–Trinajstić information content (AvgIpc) is 2.87. The van der Waals surface area contributed by atoms with Gasteiger partial charge in [-0.3, -0.25) is 5.10 Å². The monoisotopic (exact) mass is 258 g/mol. The van der Waals surface area contributed by atoms with Crippen LogP contribution < -0.4 is 4.74 Å². The predicted octanol–water partition coefficient (Wildman–Crippen LogP) is 2.57. The number of ether oxygens (including phenoxy) is 1. The summed E-state index contributed by atoms with van der Waals surface area (Å²) in [6, 6.07) is 7.46. The average molecular weight is 258 g/mol. The molecular formula is C14H14N2O3. The minimum atomic E-state index is -0.943. The molecule has 0 aliphatic heterocycles. The van der Waals surface area contributed by atoms with Crippen molar-refractivity contribution < 1.29 is 14.6 Å². The largest absolute Gasteiger partial charge is 0.497 e. The van der Waals surface area contributed by atoms with Gasteiger partial charge in [-0.2, -0.15) is 5.10 Å². The van der Waals surface area contributed by atoms with Crippen molar-refractivity contribution in [2.24, 2.45) is 0 Å². The summed E-state index contributed by atoms with van der Waals surface area (Å²) in [5, 5.41) is 15.7. The number of hydrogen-bond acceptors (Lipinski definition) is 3. The molecule has 98 valence electrons. The van der Waals surface area contributed by atoms with E-state index in [0.29, 0.717) is 0 Å². The van der Waals surface area contributed by atoms with Gasteiger partial charge in [0.15, 0.2) is 0 Å². The van der Waals surface area contributed by atoms with Gasteiger partial charge < -0.3 is 9.84 Å². The Morgan fingerprint density at radius 1 is 1.37 bits per heavy atom. The first kappa shape index (κ1) is 12.9. The van der Waals surface area contributed by atoms with Gasteiger partial charge in [-0.1, -0.05) is 0 Å². The predicted molar refractivity (Wildman–Crippen MR) is 71.9 cm³/mol. The van der Waals surface area contributed by atoms with Crippen molar-refractivity contribution in [3.63, 3.8) is 0 Å². The van der Waals surface area contributed by atoms with Gasteiger partial charge in [0.05, 0.1) is 19.0 Å². The zero-order valence-electron chi connectivity index (χ0n) is 10.7. The fourth-order valence-electron chi connectivity index (χ4n) is 1.69. The highest BCUT2D eigenvalue weighted by atomic mass is 16.5. The first-order chi connectivity index (χ1) is 9.11. The Hall–Kier alpha value is -2.56. The van der Waals surface area contributed by atoms with Crippen LogP contribution >= 0.6 is 0 Å². The molecule has 2 rings (SSSR count). The van der Waals surface area contributed by atoms with Crippen molar-refractivity contribution in [3.8, 4) is 17.0 Å². The standard InChI is InChI=1S/C14H14N2O3/c1-9(14(17)18)7-11-8-15-16-13(11)10-3-5-12(19-2)6-4-10/h3-8H,1-2H3,(H,15,16)(H,17,18)/b9-7+. The lowest BCUT2D eigenvalue weighted by Crippen LogP contribution is -1.95. The van der Waals surface area contributed by atoms with Crippen LogP contribution in [0.2, 0.25) is 0 Å². The summed E-state index contributed by atoms with van der Waals surface area (Å²) in [7, 11) is 1.61. The van der Waals surface area contributed by atoms with Gasteiger partial charge in [0.1, 0.15) is 5.75 Å². The first-order valence-electron chi connectivity index (χ1n) is 5.71. The van der Waals surface area contributed by atoms with Crippen molar-refractivity contribution in [1.82, 2.24) is 10.2 Å². The maximum Gasteiger partial charge on any atom is 0.331 e. The van der Waals surface area contributed by atoms with Crippen LogP contribution in [0, 0.1) is 0 Å². The molecule has 2 N–H and O–H groups in total. The fraction of sp³-hybridized carbons (Fsp3) is 0.143. The topological polar surface area (TPSA) is 75.2 Å². The third-order valence-corrected chi connectivity index (χ3v) is 2.76. The summed E-state index contributed by atoms with van der Waals surface area (Å²) in [5.74, 6) is -0.177. The molecule has 1 aromatic carbocycles. The molecular weight excluding hydrogens is 244 g/mol. The number of aromatic nitrogens is 2. The van der Waals surface area contributed by atoms with Crippen LogP contribution in [0.3, 0.4) is 0 Å². The molecule has 0 spiro atoms. The summed E-state index contributed by atoms with van der Waals surface area (Å²) in [6.45, 7) is 1.55. The fourth-order valence-corrected chi connectivity index (χ4v) is 1.69. The quantitative estimate of drug-likeness (QED) is 0.826. The van der Waals surface area contributed by atoms with Crippen molar-refractivity contribution >= 4 is 12.0 Å². The molecule has 0 aliphatic carbocycles. The van der Waals surface area contributed by atoms with Crippen molar-refractivity contribution in [2.75, 3.05) is 7.11 Å². The molecule has 0 amide bonds. The molecule has 2 aromatic rings. The number of hydrogen-bond donors (Lipinski definition) is 2. The maximum absolute atomic E-state index is 10.8. The number of rotatable bonds is 4. The number of carboxylic acid groups (broad SMARTS) is 1. The van der Waals surface area contributed by atoms with Gasteiger partial charge in [0.25, 0.3) is 0 Å². The molecule has 0 saturated carbocycles. The van der Waals surface area contributed by atoms with Crippen molar-refractivity contribution in [1.29, 1.82) is 0 Å². The summed E-state index contributed by atoms with van der Waals surface area (Å²) < 4.78 is 5.10. The van der Waals surface area contributed by atoms with Crippen LogP contribution in [0.25, 0.3) is 17.3 Å². The zero-order valence-corrected chi connectivity index (χ0v) is 10.7. The normalized spacial score (nSPS) is 11.4. The number of aliphatic carboxylic acids is 1. The van der Waals surface area contributed by atoms with E-state index >= 15 is 0 Å². The highest BCUT2D eigenvalue weighted by Crippen LogP contribution is 2.25. The number of aromatic amines is 1. The molecule has 5 heteroatoms. The van der Waals surface area contributed by atoms with Gasteiger partial charge in [0, 0.05) is 16.7 Å². The van der Waals surface area contributed by atoms with Crippen molar-refractivity contribution in [3.05, 3.63) is 41.6 Å². The van der Waals surface area contributed by atoms with Crippen LogP contribution in [0.5, 0.6) is 5.75 Å². The minimum Gasteiger partial charge on any atom is -0.497 e. The van der Waals surface area contributed by atoms with E-state index in [4.69, 9.17) is 9.84 Å². The summed E-state index contributed by atoms with van der Waals surface area (Å²) in [5.41, 5.74) is 2.70. The Bertz CT molecular complexity index is 612. The molecule has 1 aromatic heterocycles. The van der Waals surface area contributed by atoms with E-state index in [1.807, 2.05) is 24.3 Å². The van der Waals surface area contributed by atoms with Gasteiger partial charge in [-0.05, 0) is 37.3 Å². The molecule has 0 aliphatic rings. The number of carbonyl (C=O) groups is 1. The number of methoxy groups -OCH3 is 1. The molecule has 1 heterocycles. The zero-order chi connectivity index (χ0) is 13.8. The summed E-state index contributed by atoms with van der Waals surface area (Å²) in [6.07, 6.45) is 3.19. The number of nitrogens with zero attached hydrogens (tertiary/aromatic N) is 1. The second-order valence-corrected chi connectivity index (χ2v) is 4.06. The first-order valence-corrected chi connectivity index (χ1v) is 5.71. The Balaban J connectivity index is 2.38. The second kappa shape index (κ2) is 5.39. The molecule has 0 saturated heterocycles. The van der Waals surface area contributed by atoms with E-state index < -0.39 is 5.97 Å². The van der Waals surface area contributed by atoms with E-state index in [0.717, 1.165) is 22.6 Å². The molecule has 0 radical (unpaired) electrons. The van der Waals surface area contributed by atoms with Crippen LogP contribution in [0.15, 0.2) is 36.0 Å². The Labute approximate surface area is 110 Å². The third kappa shape index (κ3) is 2.82. The lowest BCUT2D eigenvalue weighted by molar-refractivity contribution is -0.132. The van der Waals surface area contributed by atoms with Gasteiger partial charge in [-0.25, -0.2) is 4.79 Å². The summed E-state index contributed by atoms with van der Waals surface area (Å²) in [4.78, 5) is 10.8. The molecule has 0 atom stereocenters. The van der Waals surface area contributed by atoms with E-state index in [-0.39, 0.29) is 5.57 Å². The van der Waals surface area contributed by atoms with Gasteiger partial charge in [-0.15, -0.1) is 0 Å². The maximum atomic E-state index is 10.8. The van der Waals surface area contributed by atoms with Crippen LogP contribution in [-0.2, 0) is 4.79 Å². The Morgan fingerprint density at radius 3 is 2.63 bits per heavy atom. The van der Waals surface area contributed by atoms with Crippen LogP contribution in [0.4, 0.5) is 0 Å². The van der Waals surface area contributed by atoms with E-state index in [9.17, 15) is 4.79 Å². The second-order valence-electron chi connectivity index (χ2n) is 4.06. The van der Waals surface area contributed by atoms with E-state index in [1.54, 1.807) is 26.3 Å². The van der Waals surface area contributed by atoms with Crippen LogP contribution in [-0.4, -0.2) is 28.4 Å². The number of nitrogens with one attached hydrogen (secondary N) is 1. The lowest BCUT2D eigenvalue weighted by Gasteiger charge is -2.03. The van der Waals surface area contributed by atoms with E-state index in [1.165, 1.54) is 0 Å². The molecule has 0 bridgehead atoms. The Morgan fingerprint density at radius 2 is 2.05 bits per heavy atom. The smallest absolute Gasteiger partial charge is 0.331 e. The van der Waals surface area contributed by atoms with Gasteiger partial charge >= 0.3 is 5.97 Å². The molecule has 19 heavy (non-hydrogen) atoms. The minimum absolute atomic E-state index is 0.260. The number of benzene rings is 1. The van der Waals surface area contributed by atoms with Crippen molar-refractivity contribution in [2.45, 2.75) is 6.92 Å². The van der Waals surface area contributed by atoms with Gasteiger partial charge in [0.2, 0.25) is 0 Å². The Kier molecular flexibility index (Phi) is 3.66.